The highest BCUT2D eigenvalue weighted by molar-refractivity contribution is 7.00. The highest BCUT2D eigenvalue weighted by atomic mass is 32.1. The molecule has 0 spiro atoms. The van der Waals surface area contributed by atoms with Crippen LogP contribution in [-0.2, 0) is 0 Å². The Kier molecular flexibility index (Phi) is 12.3. The summed E-state index contributed by atoms with van der Waals surface area (Å²) in [7, 11) is 0. The Labute approximate surface area is 528 Å². The van der Waals surface area contributed by atoms with Crippen LogP contribution in [0.4, 0.5) is 17.1 Å². The molecule has 0 atom stereocenters. The molecule has 0 unspecified atom stereocenters. The molecule has 18 rings (SSSR count). The molecule has 91 heavy (non-hydrogen) atoms. The maximum absolute atomic E-state index is 6.20. The summed E-state index contributed by atoms with van der Waals surface area (Å²) in [6.45, 7) is 0. The van der Waals surface area contributed by atoms with Crippen molar-refractivity contribution in [3.63, 3.8) is 0 Å². The molecule has 0 aliphatic carbocycles. The molecule has 6 nitrogen and oxygen atoms in total. The Morgan fingerprint density at radius 1 is 0.264 bits per heavy atom. The van der Waals surface area contributed by atoms with Gasteiger partial charge in [-0.15, -0.1) is 0 Å². The third kappa shape index (κ3) is 9.09. The summed E-state index contributed by atoms with van der Waals surface area (Å²) < 4.78 is 25.0. The van der Waals surface area contributed by atoms with E-state index in [0.717, 1.165) is 122 Å². The van der Waals surface area contributed by atoms with Crippen molar-refractivity contribution in [1.29, 1.82) is 0 Å². The van der Waals surface area contributed by atoms with Gasteiger partial charge < -0.3 is 18.3 Å². The van der Waals surface area contributed by atoms with Crippen LogP contribution in [0.1, 0.15) is 0 Å². The summed E-state index contributed by atoms with van der Waals surface area (Å²) in [4.78, 5) is 2.31. The molecule has 426 valence electrons. The Balaban J connectivity index is 0.715. The van der Waals surface area contributed by atoms with E-state index in [1.165, 1.54) is 67.0 Å². The summed E-state index contributed by atoms with van der Waals surface area (Å²) in [5, 5.41) is 6.82. The molecule has 4 aromatic heterocycles. The smallest absolute Gasteiger partial charge is 0.135 e. The molecule has 0 amide bonds. The van der Waals surface area contributed by atoms with E-state index in [4.69, 9.17) is 17.6 Å². The van der Waals surface area contributed by atoms with Gasteiger partial charge >= 0.3 is 0 Å². The maximum Gasteiger partial charge on any atom is 0.135 e. The van der Waals surface area contributed by atoms with Gasteiger partial charge in [0.1, 0.15) is 33.4 Å². The zero-order chi connectivity index (χ0) is 59.9. The molecule has 18 aromatic rings. The lowest BCUT2D eigenvalue weighted by atomic mass is 9.97. The van der Waals surface area contributed by atoms with Gasteiger partial charge in [-0.05, 0) is 182 Å². The fourth-order valence-electron chi connectivity index (χ4n) is 13.5. The number of aromatic nitrogens is 3. The van der Waals surface area contributed by atoms with Crippen LogP contribution in [-0.4, -0.2) is 13.3 Å². The Morgan fingerprint density at radius 2 is 0.615 bits per heavy atom. The Hall–Kier alpha value is -11.9. The monoisotopic (exact) mass is 1180 g/mol. The zero-order valence-corrected chi connectivity index (χ0v) is 49.9. The first-order chi connectivity index (χ1) is 45.1. The maximum atomic E-state index is 6.20. The molecule has 0 radical (unpaired) electrons. The van der Waals surface area contributed by atoms with Crippen molar-refractivity contribution in [3.05, 3.63) is 315 Å². The van der Waals surface area contributed by atoms with Crippen molar-refractivity contribution in [2.75, 3.05) is 4.90 Å². The summed E-state index contributed by atoms with van der Waals surface area (Å²) >= 11 is 1.24. The SMILES string of the molecule is c1ccc(-c2ccc(-c3ccc4c(c3)c3cc(-c5ccc(-c6ccccc6)cc5)ccc3n4-c3ccc(-c4ccc(N(c5ccc(-c6ccc7oc8ccccc8c7c6)cc5)c5ccc(-c6ccc7oc8ccccc8c7c6)cc5)c5nsnc45)cc3)cc2)cc1. The predicted molar refractivity (Wildman–Crippen MR) is 379 cm³/mol. The number of para-hydroxylation sites is 2. The molecule has 0 N–H and O–H groups in total. The molecular weight excluding hydrogens is 1130 g/mol. The van der Waals surface area contributed by atoms with Crippen molar-refractivity contribution in [3.8, 4) is 83.6 Å². The van der Waals surface area contributed by atoms with Crippen molar-refractivity contribution in [1.82, 2.24) is 13.3 Å². The number of hydrogen-bond acceptors (Lipinski definition) is 6. The minimum Gasteiger partial charge on any atom is -0.456 e. The van der Waals surface area contributed by atoms with Crippen molar-refractivity contribution in [2.24, 2.45) is 0 Å². The van der Waals surface area contributed by atoms with Gasteiger partial charge in [0.05, 0.1) is 28.4 Å². The largest absolute Gasteiger partial charge is 0.456 e. The number of rotatable bonds is 11. The van der Waals surface area contributed by atoms with Crippen LogP contribution in [0.25, 0.3) is 160 Å². The quantitative estimate of drug-likeness (QED) is 0.129. The van der Waals surface area contributed by atoms with E-state index in [2.05, 4.69) is 301 Å². The van der Waals surface area contributed by atoms with Crippen molar-refractivity contribution >= 4 is 106 Å². The molecule has 0 fully saturated rings. The molecule has 14 aromatic carbocycles. The predicted octanol–water partition coefficient (Wildman–Crippen LogP) is 23.7. The van der Waals surface area contributed by atoms with E-state index in [1.807, 2.05) is 24.3 Å². The summed E-state index contributed by atoms with van der Waals surface area (Å²) in [6.07, 6.45) is 0. The zero-order valence-electron chi connectivity index (χ0n) is 49.0. The van der Waals surface area contributed by atoms with Crippen LogP contribution in [0.5, 0.6) is 0 Å². The molecular formula is C84H52N4O2S. The second-order valence-electron chi connectivity index (χ2n) is 23.4. The molecule has 0 saturated carbocycles. The van der Waals surface area contributed by atoms with Gasteiger partial charge in [-0.2, -0.15) is 8.75 Å². The van der Waals surface area contributed by atoms with E-state index in [9.17, 15) is 0 Å². The van der Waals surface area contributed by atoms with Crippen LogP contribution in [0.2, 0.25) is 0 Å². The summed E-state index contributed by atoms with van der Waals surface area (Å²) in [6, 6.07) is 113. The van der Waals surface area contributed by atoms with E-state index >= 15 is 0 Å². The third-order valence-corrected chi connectivity index (χ3v) is 18.7. The lowest BCUT2D eigenvalue weighted by molar-refractivity contribution is 0.668. The van der Waals surface area contributed by atoms with Gasteiger partial charge in [0.2, 0.25) is 0 Å². The van der Waals surface area contributed by atoms with Crippen LogP contribution >= 0.6 is 11.7 Å². The van der Waals surface area contributed by atoms with Crippen LogP contribution < -0.4 is 4.90 Å². The lowest BCUT2D eigenvalue weighted by Crippen LogP contribution is -2.10. The third-order valence-electron chi connectivity index (χ3n) is 18.2. The molecule has 0 bridgehead atoms. The Morgan fingerprint density at radius 3 is 1.09 bits per heavy atom. The number of nitrogens with zero attached hydrogens (tertiary/aromatic N) is 4. The standard InChI is InChI=1S/C84H52N4O2S/c1-3-11-53(12-4-1)55-19-23-57(24-20-55)62-33-44-76-72(49-62)73-50-63(58-25-21-56(22-26-58)54-13-5-2-6-14-54)34-45-77(73)88(76)68-41-31-61(32-42-68)69-43-46-78(84-83(69)85-91-86-84)87(66-37-27-59(28-38-66)64-35-47-81-74(51-64)70-15-7-9-17-79(70)89-81)67-39-29-60(30-40-67)65-36-48-82-75(52-65)71-16-8-10-18-80(71)90-82/h1-52H. The second kappa shape index (κ2) is 21.5. The highest BCUT2D eigenvalue weighted by Crippen LogP contribution is 2.45. The molecule has 4 heterocycles. The van der Waals surface area contributed by atoms with Gasteiger partial charge in [0.15, 0.2) is 0 Å². The van der Waals surface area contributed by atoms with Gasteiger partial charge in [-0.25, -0.2) is 0 Å². The fraction of sp³-hybridized carbons (Fsp3) is 0. The van der Waals surface area contributed by atoms with Crippen LogP contribution in [0.3, 0.4) is 0 Å². The lowest BCUT2D eigenvalue weighted by Gasteiger charge is -2.26. The molecule has 0 aliphatic heterocycles. The normalized spacial score (nSPS) is 11.7. The molecule has 0 saturated heterocycles. The Bertz CT molecular complexity index is 5490. The van der Waals surface area contributed by atoms with E-state index in [-0.39, 0.29) is 0 Å². The topological polar surface area (TPSA) is 60.2 Å². The first kappa shape index (κ1) is 52.2. The van der Waals surface area contributed by atoms with Gasteiger partial charge in [-0.1, -0.05) is 206 Å². The highest BCUT2D eigenvalue weighted by Gasteiger charge is 2.22. The minimum absolute atomic E-state index is 0.827. The number of hydrogen-bond donors (Lipinski definition) is 0. The van der Waals surface area contributed by atoms with Gasteiger partial charge in [-0.3, -0.25) is 0 Å². The second-order valence-corrected chi connectivity index (χ2v) is 23.9. The number of fused-ring (bicyclic) bond motifs is 10. The van der Waals surface area contributed by atoms with Crippen molar-refractivity contribution < 1.29 is 8.83 Å². The number of anilines is 3. The average molecular weight is 1180 g/mol. The van der Waals surface area contributed by atoms with E-state index < -0.39 is 0 Å². The summed E-state index contributed by atoms with van der Waals surface area (Å²) in [5.74, 6) is 0. The van der Waals surface area contributed by atoms with Gasteiger partial charge in [0.25, 0.3) is 0 Å². The minimum atomic E-state index is 0.827. The van der Waals surface area contributed by atoms with E-state index in [0.29, 0.717) is 0 Å². The fourth-order valence-corrected chi connectivity index (χ4v) is 14.1. The van der Waals surface area contributed by atoms with Crippen LogP contribution in [0.15, 0.2) is 324 Å². The van der Waals surface area contributed by atoms with Gasteiger partial charge in [0, 0.05) is 54.9 Å². The number of benzene rings is 14. The summed E-state index contributed by atoms with van der Waals surface area (Å²) in [5.41, 5.74) is 27.5. The number of furan rings is 2. The van der Waals surface area contributed by atoms with Crippen LogP contribution in [0, 0.1) is 0 Å². The first-order valence-electron chi connectivity index (χ1n) is 30.7. The van der Waals surface area contributed by atoms with Crippen molar-refractivity contribution in [2.45, 2.75) is 0 Å². The average Bonchev–Trinajstić information content (AvgIpc) is 1.72. The first-order valence-corrected chi connectivity index (χ1v) is 31.4. The molecule has 0 aliphatic rings. The molecule has 7 heteroatoms. The van der Waals surface area contributed by atoms with E-state index in [1.54, 1.807) is 0 Å².